The van der Waals surface area contributed by atoms with E-state index in [1.807, 2.05) is 0 Å². The van der Waals surface area contributed by atoms with Crippen molar-refractivity contribution in [2.24, 2.45) is 0 Å². The molecule has 1 unspecified atom stereocenters. The van der Waals surface area contributed by atoms with Gasteiger partial charge in [0.25, 0.3) is 0 Å². The first-order valence-electron chi connectivity index (χ1n) is 6.64. The second-order valence-electron chi connectivity index (χ2n) is 4.64. The van der Waals surface area contributed by atoms with E-state index in [1.165, 1.54) is 5.56 Å². The molecule has 0 aromatic carbocycles. The minimum Gasteiger partial charge on any atom is -0.317 e. The van der Waals surface area contributed by atoms with Crippen molar-refractivity contribution in [3.05, 3.63) is 22.8 Å². The fourth-order valence-corrected chi connectivity index (χ4v) is 1.92. The summed E-state index contributed by atoms with van der Waals surface area (Å²) in [5.41, 5.74) is 3.59. The molecule has 1 rings (SSSR count). The highest BCUT2D eigenvalue weighted by Gasteiger charge is 2.11. The first-order valence-corrected chi connectivity index (χ1v) is 6.64. The Morgan fingerprint density at radius 3 is 2.18 bits per heavy atom. The predicted octanol–water partition coefficient (Wildman–Crippen LogP) is 2.76. The Morgan fingerprint density at radius 1 is 1.12 bits per heavy atom. The van der Waals surface area contributed by atoms with Crippen molar-refractivity contribution >= 4 is 0 Å². The molecule has 0 fully saturated rings. The molecule has 0 amide bonds. The molecule has 96 valence electrons. The van der Waals surface area contributed by atoms with Crippen LogP contribution < -0.4 is 5.32 Å². The largest absolute Gasteiger partial charge is 0.317 e. The zero-order valence-corrected chi connectivity index (χ0v) is 11.8. The van der Waals surface area contributed by atoms with Gasteiger partial charge in [-0.2, -0.15) is 0 Å². The van der Waals surface area contributed by atoms with Crippen molar-refractivity contribution in [1.82, 2.24) is 15.3 Å². The van der Waals surface area contributed by atoms with Gasteiger partial charge in [0, 0.05) is 17.3 Å². The number of likely N-dealkylation sites (N-methyl/N-ethyl adjacent to an activating group) is 1. The third kappa shape index (κ3) is 3.77. The van der Waals surface area contributed by atoms with Gasteiger partial charge < -0.3 is 5.32 Å². The number of aromatic nitrogens is 2. The molecule has 3 heteroatoms. The quantitative estimate of drug-likeness (QED) is 0.770. The molecular weight excluding hydrogens is 210 g/mol. The maximum absolute atomic E-state index is 4.64. The second kappa shape index (κ2) is 6.70. The Labute approximate surface area is 105 Å². The standard InChI is InChI=1S/C14H25N3/c1-6-10(3)14-16-11(4)13(12(5)17-14)8-9-15-7-2/h10,15H,6-9H2,1-5H3. The number of aryl methyl sites for hydroxylation is 2. The number of rotatable bonds is 6. The summed E-state index contributed by atoms with van der Waals surface area (Å²) < 4.78 is 0. The maximum atomic E-state index is 4.64. The molecule has 0 aliphatic heterocycles. The van der Waals surface area contributed by atoms with E-state index in [0.29, 0.717) is 5.92 Å². The molecule has 17 heavy (non-hydrogen) atoms. The second-order valence-corrected chi connectivity index (χ2v) is 4.64. The molecule has 1 aromatic heterocycles. The summed E-state index contributed by atoms with van der Waals surface area (Å²) in [6.45, 7) is 12.7. The Kier molecular flexibility index (Phi) is 5.56. The van der Waals surface area contributed by atoms with Gasteiger partial charge in [0.05, 0.1) is 0 Å². The van der Waals surface area contributed by atoms with E-state index in [2.05, 4.69) is 49.9 Å². The molecule has 0 aliphatic carbocycles. The summed E-state index contributed by atoms with van der Waals surface area (Å²) in [5.74, 6) is 1.45. The van der Waals surface area contributed by atoms with Crippen LogP contribution >= 0.6 is 0 Å². The van der Waals surface area contributed by atoms with Gasteiger partial charge in [-0.15, -0.1) is 0 Å². The first-order chi connectivity index (χ1) is 8.10. The van der Waals surface area contributed by atoms with E-state index in [-0.39, 0.29) is 0 Å². The highest BCUT2D eigenvalue weighted by Crippen LogP contribution is 2.18. The van der Waals surface area contributed by atoms with Crippen LogP contribution in [0, 0.1) is 13.8 Å². The Balaban J connectivity index is 2.86. The van der Waals surface area contributed by atoms with Gasteiger partial charge in [-0.1, -0.05) is 20.8 Å². The minimum absolute atomic E-state index is 0.454. The van der Waals surface area contributed by atoms with E-state index < -0.39 is 0 Å². The average Bonchev–Trinajstić information content (AvgIpc) is 2.31. The van der Waals surface area contributed by atoms with Crippen LogP contribution in [0.5, 0.6) is 0 Å². The van der Waals surface area contributed by atoms with Gasteiger partial charge in [-0.05, 0) is 45.3 Å². The zero-order valence-electron chi connectivity index (χ0n) is 11.8. The third-order valence-electron chi connectivity index (χ3n) is 3.29. The molecule has 0 bridgehead atoms. The van der Waals surface area contributed by atoms with E-state index >= 15 is 0 Å². The van der Waals surface area contributed by atoms with Crippen LogP contribution in [0.4, 0.5) is 0 Å². The molecule has 0 spiro atoms. The van der Waals surface area contributed by atoms with E-state index in [9.17, 15) is 0 Å². The topological polar surface area (TPSA) is 37.8 Å². The van der Waals surface area contributed by atoms with Crippen molar-refractivity contribution in [2.75, 3.05) is 13.1 Å². The molecule has 3 nitrogen and oxygen atoms in total. The lowest BCUT2D eigenvalue weighted by Crippen LogP contribution is -2.18. The van der Waals surface area contributed by atoms with Gasteiger partial charge in [0.15, 0.2) is 0 Å². The number of hydrogen-bond donors (Lipinski definition) is 1. The Morgan fingerprint density at radius 2 is 1.71 bits per heavy atom. The Hall–Kier alpha value is -0.960. The van der Waals surface area contributed by atoms with Crippen LogP contribution in [-0.4, -0.2) is 23.1 Å². The van der Waals surface area contributed by atoms with Crippen molar-refractivity contribution in [3.63, 3.8) is 0 Å². The van der Waals surface area contributed by atoms with Crippen LogP contribution in [0.2, 0.25) is 0 Å². The zero-order chi connectivity index (χ0) is 12.8. The van der Waals surface area contributed by atoms with Crippen LogP contribution in [0.15, 0.2) is 0 Å². The normalized spacial score (nSPS) is 12.8. The lowest BCUT2D eigenvalue weighted by atomic mass is 10.1. The summed E-state index contributed by atoms with van der Waals surface area (Å²) in [7, 11) is 0. The number of nitrogens with one attached hydrogen (secondary N) is 1. The van der Waals surface area contributed by atoms with Crippen molar-refractivity contribution < 1.29 is 0 Å². The molecule has 1 atom stereocenters. The van der Waals surface area contributed by atoms with Crippen LogP contribution in [0.1, 0.15) is 55.9 Å². The molecule has 1 aromatic rings. The van der Waals surface area contributed by atoms with Gasteiger partial charge >= 0.3 is 0 Å². The SMILES string of the molecule is CCNCCc1c(C)nc(C(C)CC)nc1C. The summed E-state index contributed by atoms with van der Waals surface area (Å²) >= 11 is 0. The fourth-order valence-electron chi connectivity index (χ4n) is 1.92. The molecule has 0 saturated carbocycles. The average molecular weight is 235 g/mol. The summed E-state index contributed by atoms with van der Waals surface area (Å²) in [5, 5.41) is 3.34. The number of hydrogen-bond acceptors (Lipinski definition) is 3. The van der Waals surface area contributed by atoms with E-state index in [4.69, 9.17) is 0 Å². The van der Waals surface area contributed by atoms with E-state index in [1.54, 1.807) is 0 Å². The van der Waals surface area contributed by atoms with Gasteiger partial charge in [0.2, 0.25) is 0 Å². The molecular formula is C14H25N3. The third-order valence-corrected chi connectivity index (χ3v) is 3.29. The minimum atomic E-state index is 0.454. The molecule has 0 radical (unpaired) electrons. The summed E-state index contributed by atoms with van der Waals surface area (Å²) in [6.07, 6.45) is 2.11. The molecule has 0 aliphatic rings. The first kappa shape index (κ1) is 14.1. The fraction of sp³-hybridized carbons (Fsp3) is 0.714. The van der Waals surface area contributed by atoms with Gasteiger partial charge in [-0.25, -0.2) is 9.97 Å². The van der Waals surface area contributed by atoms with Gasteiger partial charge in [0.1, 0.15) is 5.82 Å². The highest BCUT2D eigenvalue weighted by atomic mass is 14.9. The van der Waals surface area contributed by atoms with Crippen LogP contribution in [0.3, 0.4) is 0 Å². The van der Waals surface area contributed by atoms with Crippen molar-refractivity contribution in [3.8, 4) is 0 Å². The summed E-state index contributed by atoms with van der Waals surface area (Å²) in [4.78, 5) is 9.29. The monoisotopic (exact) mass is 235 g/mol. The lowest BCUT2D eigenvalue weighted by molar-refractivity contribution is 0.658. The molecule has 0 saturated heterocycles. The van der Waals surface area contributed by atoms with Crippen molar-refractivity contribution in [2.45, 2.75) is 53.4 Å². The molecule has 1 heterocycles. The maximum Gasteiger partial charge on any atom is 0.131 e. The lowest BCUT2D eigenvalue weighted by Gasteiger charge is -2.13. The molecule has 1 N–H and O–H groups in total. The highest BCUT2D eigenvalue weighted by molar-refractivity contribution is 5.25. The van der Waals surface area contributed by atoms with Crippen LogP contribution in [-0.2, 0) is 6.42 Å². The smallest absolute Gasteiger partial charge is 0.131 e. The van der Waals surface area contributed by atoms with Crippen LogP contribution in [0.25, 0.3) is 0 Å². The predicted molar refractivity (Wildman–Crippen MR) is 72.5 cm³/mol. The number of nitrogens with zero attached hydrogens (tertiary/aromatic N) is 2. The van der Waals surface area contributed by atoms with Crippen molar-refractivity contribution in [1.29, 1.82) is 0 Å². The Bertz CT molecular complexity index is 337. The van der Waals surface area contributed by atoms with E-state index in [0.717, 1.165) is 43.1 Å². The summed E-state index contributed by atoms with van der Waals surface area (Å²) in [6, 6.07) is 0. The van der Waals surface area contributed by atoms with Gasteiger partial charge in [-0.3, -0.25) is 0 Å².